The minimum Gasteiger partial charge on any atom is -0.465 e. The molecule has 1 amide bonds. The molecule has 106 valence electrons. The van der Waals surface area contributed by atoms with Crippen molar-refractivity contribution in [3.05, 3.63) is 34.5 Å². The molecule has 0 saturated carbocycles. The number of anilines is 1. The zero-order valence-electron chi connectivity index (χ0n) is 11.5. The smallest absolute Gasteiger partial charge is 0.340 e. The highest BCUT2D eigenvalue weighted by Crippen LogP contribution is 2.24. The second-order valence-electron chi connectivity index (χ2n) is 4.10. The van der Waals surface area contributed by atoms with Gasteiger partial charge in [-0.1, -0.05) is 0 Å². The summed E-state index contributed by atoms with van der Waals surface area (Å²) >= 11 is 1.27. The van der Waals surface area contributed by atoms with Gasteiger partial charge in [0.25, 0.3) is 5.91 Å². The molecule has 0 unspecified atom stereocenters. The van der Waals surface area contributed by atoms with Crippen LogP contribution in [0.25, 0.3) is 0 Å². The quantitative estimate of drug-likeness (QED) is 0.878. The number of ether oxygens (including phenoxy) is 1. The second-order valence-corrected chi connectivity index (χ2v) is 5.01. The molecule has 0 saturated heterocycles. The predicted molar refractivity (Wildman–Crippen MR) is 76.2 cm³/mol. The van der Waals surface area contributed by atoms with Crippen molar-refractivity contribution in [3.63, 3.8) is 0 Å². The summed E-state index contributed by atoms with van der Waals surface area (Å²) in [5.41, 5.74) is 1.59. The Balaban J connectivity index is 2.24. The molecule has 2 aromatic rings. The lowest BCUT2D eigenvalue weighted by atomic mass is 10.3. The topological polar surface area (TPSA) is 73.2 Å². The maximum absolute atomic E-state index is 12.3. The molecule has 0 aromatic carbocycles. The Morgan fingerprint density at radius 3 is 2.90 bits per heavy atom. The number of thiophene rings is 1. The predicted octanol–water partition coefficient (Wildman–Crippen LogP) is 2.31. The average Bonchev–Trinajstić information content (AvgIpc) is 3.04. The molecule has 0 aliphatic rings. The SMILES string of the molecule is CCn1nc(C)cc1C(=O)Nc1sccc1C(=O)OC. The van der Waals surface area contributed by atoms with Gasteiger partial charge in [0, 0.05) is 6.54 Å². The van der Waals surface area contributed by atoms with E-state index in [1.54, 1.807) is 22.2 Å². The number of aryl methyl sites for hydroxylation is 2. The van der Waals surface area contributed by atoms with Gasteiger partial charge < -0.3 is 10.1 Å². The van der Waals surface area contributed by atoms with Crippen molar-refractivity contribution in [2.75, 3.05) is 12.4 Å². The van der Waals surface area contributed by atoms with Crippen molar-refractivity contribution < 1.29 is 14.3 Å². The molecule has 6 nitrogen and oxygen atoms in total. The van der Waals surface area contributed by atoms with Gasteiger partial charge in [0.05, 0.1) is 18.4 Å². The molecule has 7 heteroatoms. The van der Waals surface area contributed by atoms with Crippen molar-refractivity contribution in [2.24, 2.45) is 0 Å². The Bertz CT molecular complexity index is 645. The van der Waals surface area contributed by atoms with Crippen LogP contribution in [0.3, 0.4) is 0 Å². The fraction of sp³-hybridized carbons (Fsp3) is 0.308. The second kappa shape index (κ2) is 5.87. The van der Waals surface area contributed by atoms with E-state index in [0.717, 1.165) is 5.69 Å². The maximum Gasteiger partial charge on any atom is 0.340 e. The number of nitrogens with one attached hydrogen (secondary N) is 1. The van der Waals surface area contributed by atoms with Gasteiger partial charge in [0.1, 0.15) is 10.7 Å². The number of carbonyl (C=O) groups is 2. The van der Waals surface area contributed by atoms with Crippen molar-refractivity contribution in [1.82, 2.24) is 9.78 Å². The first-order valence-electron chi connectivity index (χ1n) is 6.08. The van der Waals surface area contributed by atoms with Crippen LogP contribution < -0.4 is 5.32 Å². The number of hydrogen-bond donors (Lipinski definition) is 1. The molecule has 0 atom stereocenters. The summed E-state index contributed by atoms with van der Waals surface area (Å²) in [6.45, 7) is 4.34. The minimum absolute atomic E-state index is 0.292. The van der Waals surface area contributed by atoms with Crippen molar-refractivity contribution in [3.8, 4) is 0 Å². The highest BCUT2D eigenvalue weighted by molar-refractivity contribution is 7.14. The fourth-order valence-electron chi connectivity index (χ4n) is 1.81. The van der Waals surface area contributed by atoms with Crippen LogP contribution in [-0.4, -0.2) is 28.8 Å². The Morgan fingerprint density at radius 1 is 1.50 bits per heavy atom. The van der Waals surface area contributed by atoms with Crippen molar-refractivity contribution in [2.45, 2.75) is 20.4 Å². The van der Waals surface area contributed by atoms with Gasteiger partial charge in [0.15, 0.2) is 0 Å². The first-order valence-corrected chi connectivity index (χ1v) is 6.96. The minimum atomic E-state index is -0.471. The normalized spacial score (nSPS) is 10.3. The van der Waals surface area contributed by atoms with Gasteiger partial charge in [-0.25, -0.2) is 4.79 Å². The number of esters is 1. The molecular formula is C13H15N3O3S. The Morgan fingerprint density at radius 2 is 2.25 bits per heavy atom. The van der Waals surface area contributed by atoms with Crippen molar-refractivity contribution in [1.29, 1.82) is 0 Å². The van der Waals surface area contributed by atoms with E-state index >= 15 is 0 Å². The van der Waals surface area contributed by atoms with Crippen LogP contribution in [0.2, 0.25) is 0 Å². The van der Waals surface area contributed by atoms with E-state index in [-0.39, 0.29) is 5.91 Å². The summed E-state index contributed by atoms with van der Waals surface area (Å²) in [5, 5.41) is 9.15. The first kappa shape index (κ1) is 14.3. The van der Waals surface area contributed by atoms with E-state index in [9.17, 15) is 9.59 Å². The lowest BCUT2D eigenvalue weighted by molar-refractivity contribution is 0.0602. The van der Waals surface area contributed by atoms with Crippen LogP contribution in [0.5, 0.6) is 0 Å². The van der Waals surface area contributed by atoms with E-state index in [2.05, 4.69) is 15.2 Å². The number of rotatable bonds is 4. The number of methoxy groups -OCH3 is 1. The van der Waals surface area contributed by atoms with Gasteiger partial charge in [-0.05, 0) is 31.4 Å². The number of carbonyl (C=O) groups excluding carboxylic acids is 2. The number of nitrogens with zero attached hydrogens (tertiary/aromatic N) is 2. The standard InChI is InChI=1S/C13H15N3O3S/c1-4-16-10(7-8(2)15-16)11(17)14-12-9(5-6-20-12)13(18)19-3/h5-7H,4H2,1-3H3,(H,14,17). The molecule has 1 N–H and O–H groups in total. The Labute approximate surface area is 120 Å². The number of amides is 1. The summed E-state index contributed by atoms with van der Waals surface area (Å²) in [6.07, 6.45) is 0. The molecule has 2 heterocycles. The van der Waals surface area contributed by atoms with E-state index in [1.165, 1.54) is 18.4 Å². The monoisotopic (exact) mass is 293 g/mol. The third kappa shape index (κ3) is 2.72. The van der Waals surface area contributed by atoms with Gasteiger partial charge in [0.2, 0.25) is 0 Å². The molecule has 0 aliphatic heterocycles. The van der Waals surface area contributed by atoms with Crippen molar-refractivity contribution >= 4 is 28.2 Å². The zero-order valence-corrected chi connectivity index (χ0v) is 12.3. The summed E-state index contributed by atoms with van der Waals surface area (Å²) in [5.74, 6) is -0.762. The lowest BCUT2D eigenvalue weighted by Crippen LogP contribution is -2.18. The summed E-state index contributed by atoms with van der Waals surface area (Å²) in [4.78, 5) is 23.8. The Hall–Kier alpha value is -2.15. The molecule has 0 bridgehead atoms. The van der Waals surface area contributed by atoms with Crippen LogP contribution in [0.15, 0.2) is 17.5 Å². The lowest BCUT2D eigenvalue weighted by Gasteiger charge is -2.06. The zero-order chi connectivity index (χ0) is 14.7. The van der Waals surface area contributed by atoms with Crippen LogP contribution in [0.4, 0.5) is 5.00 Å². The average molecular weight is 293 g/mol. The molecule has 0 aliphatic carbocycles. The van der Waals surface area contributed by atoms with Crippen LogP contribution in [0.1, 0.15) is 33.5 Å². The highest BCUT2D eigenvalue weighted by atomic mass is 32.1. The summed E-state index contributed by atoms with van der Waals surface area (Å²) in [7, 11) is 1.31. The Kier molecular flexibility index (Phi) is 4.19. The van der Waals surface area contributed by atoms with E-state index < -0.39 is 5.97 Å². The van der Waals surface area contributed by atoms with Gasteiger partial charge >= 0.3 is 5.97 Å². The summed E-state index contributed by atoms with van der Waals surface area (Å²) < 4.78 is 6.29. The third-order valence-corrected chi connectivity index (χ3v) is 3.56. The molecule has 2 rings (SSSR count). The molecule has 0 spiro atoms. The first-order chi connectivity index (χ1) is 9.56. The fourth-order valence-corrected chi connectivity index (χ4v) is 2.58. The number of hydrogen-bond acceptors (Lipinski definition) is 5. The highest BCUT2D eigenvalue weighted by Gasteiger charge is 2.18. The summed E-state index contributed by atoms with van der Waals surface area (Å²) in [6, 6.07) is 3.33. The van der Waals surface area contributed by atoms with E-state index in [0.29, 0.717) is 22.8 Å². The van der Waals surface area contributed by atoms with E-state index in [4.69, 9.17) is 0 Å². The van der Waals surface area contributed by atoms with Crippen LogP contribution in [-0.2, 0) is 11.3 Å². The number of aromatic nitrogens is 2. The van der Waals surface area contributed by atoms with Gasteiger partial charge in [-0.15, -0.1) is 11.3 Å². The molecular weight excluding hydrogens is 278 g/mol. The van der Waals surface area contributed by atoms with Crippen LogP contribution >= 0.6 is 11.3 Å². The molecule has 20 heavy (non-hydrogen) atoms. The van der Waals surface area contributed by atoms with Gasteiger partial charge in [-0.2, -0.15) is 5.10 Å². The van der Waals surface area contributed by atoms with Gasteiger partial charge in [-0.3, -0.25) is 9.48 Å². The molecule has 0 fully saturated rings. The van der Waals surface area contributed by atoms with E-state index in [1.807, 2.05) is 13.8 Å². The van der Waals surface area contributed by atoms with Crippen LogP contribution in [0, 0.1) is 6.92 Å². The molecule has 0 radical (unpaired) electrons. The third-order valence-electron chi connectivity index (χ3n) is 2.73. The largest absolute Gasteiger partial charge is 0.465 e. The molecule has 2 aromatic heterocycles. The maximum atomic E-state index is 12.3.